The molecule has 114 valence electrons. The van der Waals surface area contributed by atoms with Crippen molar-refractivity contribution in [2.45, 2.75) is 32.0 Å². The largest absolute Gasteiger partial charge is 0.363 e. The van der Waals surface area contributed by atoms with E-state index in [1.54, 1.807) is 12.1 Å². The molecule has 3 rings (SSSR count). The van der Waals surface area contributed by atoms with Crippen LogP contribution >= 0.6 is 11.6 Å². The molecule has 1 atom stereocenters. The van der Waals surface area contributed by atoms with Crippen molar-refractivity contribution in [3.8, 4) is 0 Å². The van der Waals surface area contributed by atoms with Crippen LogP contribution in [0.3, 0.4) is 0 Å². The zero-order valence-electron chi connectivity index (χ0n) is 12.6. The van der Waals surface area contributed by atoms with Crippen LogP contribution in [-0.4, -0.2) is 5.60 Å². The molecule has 1 fully saturated rings. The molecule has 2 aromatic rings. The maximum Gasteiger partial charge on any atom is 0.123 e. The Hall–Kier alpha value is -1.64. The summed E-state index contributed by atoms with van der Waals surface area (Å²) in [5.41, 5.74) is 2.61. The molecule has 0 aliphatic carbocycles. The van der Waals surface area contributed by atoms with Crippen molar-refractivity contribution >= 4 is 16.6 Å². The van der Waals surface area contributed by atoms with E-state index in [-0.39, 0.29) is 11.9 Å². The fourth-order valence-corrected chi connectivity index (χ4v) is 3.31. The summed E-state index contributed by atoms with van der Waals surface area (Å²) in [5.74, 6) is -0.237. The standard InChI is InChI=1S/C19H18ClFO/c1-19(2)16(18(20)14-6-4-3-5-7-14)12-17(22-19)13-8-10-15(21)11-9-13/h3-11,17H,12H2,1-2H3/b18-16-. The van der Waals surface area contributed by atoms with Gasteiger partial charge in [-0.15, -0.1) is 0 Å². The highest BCUT2D eigenvalue weighted by molar-refractivity contribution is 6.49. The zero-order chi connectivity index (χ0) is 15.7. The summed E-state index contributed by atoms with van der Waals surface area (Å²) in [6.45, 7) is 4.05. The molecule has 0 N–H and O–H groups in total. The number of hydrogen-bond donors (Lipinski definition) is 0. The van der Waals surface area contributed by atoms with Crippen LogP contribution in [0.25, 0.3) is 5.03 Å². The van der Waals surface area contributed by atoms with Gasteiger partial charge in [-0.25, -0.2) is 4.39 Å². The Morgan fingerprint density at radius 3 is 2.36 bits per heavy atom. The highest BCUT2D eigenvalue weighted by atomic mass is 35.5. The summed E-state index contributed by atoms with van der Waals surface area (Å²) in [6.07, 6.45) is 0.620. The van der Waals surface area contributed by atoms with E-state index in [1.165, 1.54) is 12.1 Å². The van der Waals surface area contributed by atoms with Crippen molar-refractivity contribution in [2.75, 3.05) is 0 Å². The molecule has 0 saturated carbocycles. The number of ether oxygens (including phenoxy) is 1. The molecule has 22 heavy (non-hydrogen) atoms. The first-order chi connectivity index (χ1) is 10.5. The predicted octanol–water partition coefficient (Wildman–Crippen LogP) is 5.72. The minimum absolute atomic E-state index is 0.0944. The number of benzene rings is 2. The smallest absolute Gasteiger partial charge is 0.123 e. The van der Waals surface area contributed by atoms with Crippen molar-refractivity contribution in [1.29, 1.82) is 0 Å². The van der Waals surface area contributed by atoms with Crippen LogP contribution in [0.5, 0.6) is 0 Å². The Morgan fingerprint density at radius 2 is 1.73 bits per heavy atom. The van der Waals surface area contributed by atoms with E-state index in [0.717, 1.165) is 21.7 Å². The second-order valence-corrected chi connectivity index (χ2v) is 6.41. The minimum Gasteiger partial charge on any atom is -0.363 e. The van der Waals surface area contributed by atoms with Gasteiger partial charge >= 0.3 is 0 Å². The van der Waals surface area contributed by atoms with Crippen molar-refractivity contribution in [1.82, 2.24) is 0 Å². The van der Waals surface area contributed by atoms with Gasteiger partial charge in [-0.1, -0.05) is 54.1 Å². The predicted molar refractivity (Wildman–Crippen MR) is 88.1 cm³/mol. The highest BCUT2D eigenvalue weighted by Crippen LogP contribution is 2.47. The summed E-state index contributed by atoms with van der Waals surface area (Å²) in [6, 6.07) is 16.4. The van der Waals surface area contributed by atoms with Gasteiger partial charge in [0.2, 0.25) is 0 Å². The lowest BCUT2D eigenvalue weighted by atomic mass is 9.93. The molecule has 0 bridgehead atoms. The molecule has 2 aromatic carbocycles. The molecule has 0 aromatic heterocycles. The Labute approximate surface area is 135 Å². The summed E-state index contributed by atoms with van der Waals surface area (Å²) in [7, 11) is 0. The van der Waals surface area contributed by atoms with E-state index >= 15 is 0 Å². The number of rotatable bonds is 2. The molecule has 1 heterocycles. The molecular formula is C19H18ClFO. The van der Waals surface area contributed by atoms with Crippen LogP contribution in [0.4, 0.5) is 4.39 Å². The normalized spacial score (nSPS) is 22.6. The van der Waals surface area contributed by atoms with E-state index in [0.29, 0.717) is 6.42 Å². The van der Waals surface area contributed by atoms with E-state index in [9.17, 15) is 4.39 Å². The lowest BCUT2D eigenvalue weighted by Gasteiger charge is -2.22. The summed E-state index contributed by atoms with van der Waals surface area (Å²) < 4.78 is 19.2. The maximum atomic E-state index is 13.1. The molecule has 3 heteroatoms. The lowest BCUT2D eigenvalue weighted by Crippen LogP contribution is -2.20. The van der Waals surface area contributed by atoms with E-state index in [4.69, 9.17) is 16.3 Å². The topological polar surface area (TPSA) is 9.23 Å². The molecular weight excluding hydrogens is 299 g/mol. The Bertz CT molecular complexity index is 689. The Balaban J connectivity index is 1.95. The van der Waals surface area contributed by atoms with Crippen LogP contribution in [0.1, 0.15) is 37.5 Å². The molecule has 1 unspecified atom stereocenters. The first-order valence-electron chi connectivity index (χ1n) is 7.35. The van der Waals surface area contributed by atoms with Gasteiger partial charge in [0.1, 0.15) is 5.82 Å². The Morgan fingerprint density at radius 1 is 1.09 bits per heavy atom. The van der Waals surface area contributed by atoms with Gasteiger partial charge in [-0.05, 0) is 42.7 Å². The monoisotopic (exact) mass is 316 g/mol. The maximum absolute atomic E-state index is 13.1. The van der Waals surface area contributed by atoms with Gasteiger partial charge in [0.25, 0.3) is 0 Å². The van der Waals surface area contributed by atoms with Crippen molar-refractivity contribution < 1.29 is 9.13 Å². The highest BCUT2D eigenvalue weighted by Gasteiger charge is 2.39. The SMILES string of the molecule is CC1(C)OC(c2ccc(F)cc2)C/C1=C(/Cl)c1ccccc1. The first-order valence-corrected chi connectivity index (χ1v) is 7.73. The van der Waals surface area contributed by atoms with E-state index in [1.807, 2.05) is 44.2 Å². The fourth-order valence-electron chi connectivity index (χ4n) is 2.88. The average molecular weight is 317 g/mol. The average Bonchev–Trinajstić information content (AvgIpc) is 2.83. The van der Waals surface area contributed by atoms with Crippen LogP contribution in [0.15, 0.2) is 60.2 Å². The van der Waals surface area contributed by atoms with Crippen LogP contribution < -0.4 is 0 Å². The van der Waals surface area contributed by atoms with Crippen LogP contribution in [0.2, 0.25) is 0 Å². The van der Waals surface area contributed by atoms with Gasteiger partial charge < -0.3 is 4.74 Å². The fraction of sp³-hybridized carbons (Fsp3) is 0.263. The second-order valence-electron chi connectivity index (χ2n) is 6.03. The van der Waals surface area contributed by atoms with Crippen molar-refractivity contribution in [2.24, 2.45) is 0 Å². The third-order valence-electron chi connectivity index (χ3n) is 4.09. The van der Waals surface area contributed by atoms with Crippen molar-refractivity contribution in [3.05, 3.63) is 77.1 Å². The molecule has 0 amide bonds. The van der Waals surface area contributed by atoms with Crippen LogP contribution in [0, 0.1) is 5.82 Å². The van der Waals surface area contributed by atoms with E-state index < -0.39 is 5.60 Å². The molecule has 0 radical (unpaired) electrons. The molecule has 0 spiro atoms. The first kappa shape index (κ1) is 15.3. The zero-order valence-corrected chi connectivity index (χ0v) is 13.4. The number of halogens is 2. The quantitative estimate of drug-likeness (QED) is 0.689. The second kappa shape index (κ2) is 5.86. The van der Waals surface area contributed by atoms with Gasteiger partial charge in [-0.2, -0.15) is 0 Å². The summed E-state index contributed by atoms with van der Waals surface area (Å²) in [4.78, 5) is 0. The molecule has 1 saturated heterocycles. The van der Waals surface area contributed by atoms with Gasteiger partial charge in [-0.3, -0.25) is 0 Å². The third-order valence-corrected chi connectivity index (χ3v) is 4.53. The minimum atomic E-state index is -0.439. The Kier molecular flexibility index (Phi) is 4.07. The lowest BCUT2D eigenvalue weighted by molar-refractivity contribution is -0.00416. The van der Waals surface area contributed by atoms with Crippen molar-refractivity contribution in [3.63, 3.8) is 0 Å². The van der Waals surface area contributed by atoms with Gasteiger partial charge in [0.15, 0.2) is 0 Å². The summed E-state index contributed by atoms with van der Waals surface area (Å²) >= 11 is 6.61. The molecule has 1 aliphatic rings. The third kappa shape index (κ3) is 2.94. The van der Waals surface area contributed by atoms with Gasteiger partial charge in [0.05, 0.1) is 11.7 Å². The van der Waals surface area contributed by atoms with Crippen LogP contribution in [-0.2, 0) is 4.74 Å². The molecule has 1 nitrogen and oxygen atoms in total. The molecule has 1 aliphatic heterocycles. The number of hydrogen-bond acceptors (Lipinski definition) is 1. The van der Waals surface area contributed by atoms with Gasteiger partial charge in [0, 0.05) is 11.5 Å². The van der Waals surface area contributed by atoms with E-state index in [2.05, 4.69) is 0 Å². The summed E-state index contributed by atoms with van der Waals surface area (Å²) in [5, 5.41) is 0.746.